The molecule has 3 atom stereocenters. The third-order valence-corrected chi connectivity index (χ3v) is 6.19. The summed E-state index contributed by atoms with van der Waals surface area (Å²) >= 11 is 1.78. The molecule has 1 heterocycles. The van der Waals surface area contributed by atoms with Gasteiger partial charge >= 0.3 is 0 Å². The number of rotatable bonds is 6. The maximum absolute atomic E-state index is 4.39. The Bertz CT molecular complexity index is 516. The average Bonchev–Trinajstić information content (AvgIpc) is 3.22. The van der Waals surface area contributed by atoms with Crippen molar-refractivity contribution in [3.05, 3.63) is 16.1 Å². The highest BCUT2D eigenvalue weighted by atomic mass is 127. The van der Waals surface area contributed by atoms with Gasteiger partial charge in [0.05, 0.1) is 5.01 Å². The lowest BCUT2D eigenvalue weighted by atomic mass is 9.86. The first-order chi connectivity index (χ1) is 10.7. The van der Waals surface area contributed by atoms with Crippen LogP contribution >= 0.6 is 35.3 Å². The van der Waals surface area contributed by atoms with Gasteiger partial charge in [-0.2, -0.15) is 0 Å². The molecule has 2 saturated carbocycles. The highest BCUT2D eigenvalue weighted by Gasteiger charge is 2.38. The van der Waals surface area contributed by atoms with Gasteiger partial charge in [-0.15, -0.1) is 35.3 Å². The van der Waals surface area contributed by atoms with E-state index >= 15 is 0 Å². The van der Waals surface area contributed by atoms with Crippen LogP contribution < -0.4 is 10.6 Å². The van der Waals surface area contributed by atoms with Crippen molar-refractivity contribution >= 4 is 41.3 Å². The molecule has 2 fully saturated rings. The molecular formula is C17H29IN4S. The summed E-state index contributed by atoms with van der Waals surface area (Å²) in [7, 11) is 1.85. The Morgan fingerprint density at radius 1 is 1.30 bits per heavy atom. The molecule has 2 bridgehead atoms. The van der Waals surface area contributed by atoms with E-state index in [9.17, 15) is 0 Å². The first kappa shape index (κ1) is 19.0. The third kappa shape index (κ3) is 5.31. The highest BCUT2D eigenvalue weighted by Crippen LogP contribution is 2.49. The van der Waals surface area contributed by atoms with E-state index in [1.165, 1.54) is 42.0 Å². The third-order valence-electron chi connectivity index (χ3n) is 5.22. The van der Waals surface area contributed by atoms with E-state index in [1.54, 1.807) is 11.3 Å². The SMILES string of the molecule is CN=C(NCCc1ncc(C)s1)NCCC1CC2CCC1C2.I. The molecule has 2 aliphatic rings. The van der Waals surface area contributed by atoms with Crippen molar-refractivity contribution in [2.75, 3.05) is 20.1 Å². The number of hydrogen-bond acceptors (Lipinski definition) is 3. The second-order valence-corrected chi connectivity index (χ2v) is 8.08. The quantitative estimate of drug-likeness (QED) is 0.397. The molecular weight excluding hydrogens is 419 g/mol. The van der Waals surface area contributed by atoms with Crippen molar-refractivity contribution < 1.29 is 0 Å². The standard InChI is InChI=1S/C17H28N4S.HI/c1-12-11-21-16(22-12)6-8-20-17(18-2)19-7-5-15-10-13-3-4-14(15)9-13;/h11,13-15H,3-10H2,1-2H3,(H2,18,19,20);1H. The summed E-state index contributed by atoms with van der Waals surface area (Å²) in [4.78, 5) is 9.99. The normalized spacial score (nSPS) is 26.2. The highest BCUT2D eigenvalue weighted by molar-refractivity contribution is 14.0. The van der Waals surface area contributed by atoms with Gasteiger partial charge in [0.2, 0.25) is 0 Å². The van der Waals surface area contributed by atoms with E-state index in [1.807, 2.05) is 13.2 Å². The largest absolute Gasteiger partial charge is 0.356 e. The monoisotopic (exact) mass is 448 g/mol. The molecule has 23 heavy (non-hydrogen) atoms. The van der Waals surface area contributed by atoms with Gasteiger partial charge in [-0.05, 0) is 50.4 Å². The number of nitrogens with zero attached hydrogens (tertiary/aromatic N) is 2. The molecule has 0 amide bonds. The second-order valence-electron chi connectivity index (χ2n) is 6.76. The van der Waals surface area contributed by atoms with E-state index in [4.69, 9.17) is 0 Å². The van der Waals surface area contributed by atoms with Crippen LogP contribution in [0.3, 0.4) is 0 Å². The van der Waals surface area contributed by atoms with Crippen LogP contribution in [0.4, 0.5) is 0 Å². The summed E-state index contributed by atoms with van der Waals surface area (Å²) in [6.07, 6.45) is 10.2. The van der Waals surface area contributed by atoms with Crippen molar-refractivity contribution in [1.82, 2.24) is 15.6 Å². The lowest BCUT2D eigenvalue weighted by Gasteiger charge is -2.22. The molecule has 2 aliphatic carbocycles. The molecule has 0 aromatic carbocycles. The van der Waals surface area contributed by atoms with E-state index in [2.05, 4.69) is 27.5 Å². The Morgan fingerprint density at radius 3 is 2.74 bits per heavy atom. The fourth-order valence-electron chi connectivity index (χ4n) is 4.13. The van der Waals surface area contributed by atoms with Gasteiger partial charge < -0.3 is 10.6 Å². The molecule has 1 aromatic heterocycles. The lowest BCUT2D eigenvalue weighted by Crippen LogP contribution is -2.39. The number of thiazole rings is 1. The lowest BCUT2D eigenvalue weighted by molar-refractivity contribution is 0.315. The zero-order valence-electron chi connectivity index (χ0n) is 14.2. The number of aliphatic imine (C=N–C) groups is 1. The minimum atomic E-state index is 0. The van der Waals surface area contributed by atoms with E-state index in [0.29, 0.717) is 0 Å². The van der Waals surface area contributed by atoms with Crippen LogP contribution in [0.15, 0.2) is 11.2 Å². The number of aromatic nitrogens is 1. The molecule has 1 aromatic rings. The first-order valence-electron chi connectivity index (χ1n) is 8.60. The number of hydrogen-bond donors (Lipinski definition) is 2. The Hall–Kier alpha value is -0.370. The van der Waals surface area contributed by atoms with Crippen LogP contribution in [0, 0.1) is 24.7 Å². The van der Waals surface area contributed by atoms with Gasteiger partial charge in [0.15, 0.2) is 5.96 Å². The predicted octanol–water partition coefficient (Wildman–Crippen LogP) is 3.60. The van der Waals surface area contributed by atoms with Crippen molar-refractivity contribution in [2.24, 2.45) is 22.7 Å². The number of halogens is 1. The Balaban J connectivity index is 0.00000192. The zero-order valence-corrected chi connectivity index (χ0v) is 17.3. The smallest absolute Gasteiger partial charge is 0.190 e. The zero-order chi connectivity index (χ0) is 15.4. The van der Waals surface area contributed by atoms with Crippen LogP contribution in [0.5, 0.6) is 0 Å². The van der Waals surface area contributed by atoms with E-state index < -0.39 is 0 Å². The Labute approximate surface area is 161 Å². The topological polar surface area (TPSA) is 49.3 Å². The van der Waals surface area contributed by atoms with E-state index in [-0.39, 0.29) is 24.0 Å². The molecule has 130 valence electrons. The van der Waals surface area contributed by atoms with E-state index in [0.717, 1.165) is 43.2 Å². The number of fused-ring (bicyclic) bond motifs is 2. The maximum Gasteiger partial charge on any atom is 0.190 e. The summed E-state index contributed by atoms with van der Waals surface area (Å²) in [5.74, 6) is 3.96. The molecule has 0 aliphatic heterocycles. The van der Waals surface area contributed by atoms with Crippen molar-refractivity contribution in [3.63, 3.8) is 0 Å². The van der Waals surface area contributed by atoms with Crippen LogP contribution in [0.25, 0.3) is 0 Å². The van der Waals surface area contributed by atoms with Gasteiger partial charge in [-0.1, -0.05) is 6.42 Å². The van der Waals surface area contributed by atoms with Gasteiger partial charge in [-0.25, -0.2) is 4.98 Å². The first-order valence-corrected chi connectivity index (χ1v) is 9.42. The molecule has 0 radical (unpaired) electrons. The number of nitrogens with one attached hydrogen (secondary N) is 2. The van der Waals surface area contributed by atoms with Gasteiger partial charge in [0, 0.05) is 37.6 Å². The van der Waals surface area contributed by atoms with Crippen molar-refractivity contribution in [2.45, 2.75) is 45.4 Å². The van der Waals surface area contributed by atoms with Crippen molar-refractivity contribution in [1.29, 1.82) is 0 Å². The fourth-order valence-corrected chi connectivity index (χ4v) is 4.92. The Kier molecular flexibility index (Phi) is 7.59. The molecule has 3 rings (SSSR count). The number of guanidine groups is 1. The second kappa shape index (κ2) is 9.20. The Morgan fingerprint density at radius 2 is 2.13 bits per heavy atom. The maximum atomic E-state index is 4.39. The molecule has 0 saturated heterocycles. The summed E-state index contributed by atoms with van der Waals surface area (Å²) in [5, 5.41) is 8.06. The van der Waals surface area contributed by atoms with Crippen LogP contribution in [0.2, 0.25) is 0 Å². The van der Waals surface area contributed by atoms with Gasteiger partial charge in [0.25, 0.3) is 0 Å². The van der Waals surface area contributed by atoms with Crippen LogP contribution in [-0.4, -0.2) is 31.1 Å². The average molecular weight is 448 g/mol. The minimum Gasteiger partial charge on any atom is -0.356 e. The number of aryl methyl sites for hydroxylation is 1. The summed E-state index contributed by atoms with van der Waals surface area (Å²) < 4.78 is 0. The molecule has 0 spiro atoms. The van der Waals surface area contributed by atoms with Crippen LogP contribution in [-0.2, 0) is 6.42 Å². The summed E-state index contributed by atoms with van der Waals surface area (Å²) in [5.41, 5.74) is 0. The van der Waals surface area contributed by atoms with Gasteiger partial charge in [-0.3, -0.25) is 4.99 Å². The molecule has 2 N–H and O–H groups in total. The summed E-state index contributed by atoms with van der Waals surface area (Å²) in [6, 6.07) is 0. The van der Waals surface area contributed by atoms with Crippen LogP contribution in [0.1, 0.15) is 42.0 Å². The molecule has 4 nitrogen and oxygen atoms in total. The summed E-state index contributed by atoms with van der Waals surface area (Å²) in [6.45, 7) is 4.04. The fraction of sp³-hybridized carbons (Fsp3) is 0.765. The molecule has 6 heteroatoms. The van der Waals surface area contributed by atoms with Gasteiger partial charge in [0.1, 0.15) is 0 Å². The molecule has 3 unspecified atom stereocenters. The van der Waals surface area contributed by atoms with Crippen molar-refractivity contribution in [3.8, 4) is 0 Å². The minimum absolute atomic E-state index is 0. The predicted molar refractivity (Wildman–Crippen MR) is 109 cm³/mol.